The largest absolute Gasteiger partial charge is 0.349 e. The Balaban J connectivity index is 1.59. The Morgan fingerprint density at radius 1 is 1.27 bits per heavy atom. The molecule has 0 fully saturated rings. The van der Waals surface area contributed by atoms with Gasteiger partial charge in [0.1, 0.15) is 5.52 Å². The van der Waals surface area contributed by atoms with Crippen molar-refractivity contribution in [2.75, 3.05) is 6.54 Å². The summed E-state index contributed by atoms with van der Waals surface area (Å²) in [4.78, 5) is 16.2. The first-order valence-corrected chi connectivity index (χ1v) is 7.16. The Labute approximate surface area is 131 Å². The van der Waals surface area contributed by atoms with E-state index in [9.17, 15) is 4.79 Å². The zero-order chi connectivity index (χ0) is 15.4. The number of hydrogen-bond acceptors (Lipinski definition) is 5. The van der Waals surface area contributed by atoms with Crippen LogP contribution in [0, 0.1) is 0 Å². The van der Waals surface area contributed by atoms with E-state index < -0.39 is 0 Å². The molecule has 3 rings (SSSR count). The Bertz CT molecular complexity index is 789. The average molecular weight is 317 g/mol. The van der Waals surface area contributed by atoms with Crippen LogP contribution in [0.1, 0.15) is 17.0 Å². The quantitative estimate of drug-likeness (QED) is 0.724. The Morgan fingerprint density at radius 3 is 3.00 bits per heavy atom. The van der Waals surface area contributed by atoms with Crippen molar-refractivity contribution in [3.63, 3.8) is 0 Å². The minimum atomic E-state index is -0.352. The summed E-state index contributed by atoms with van der Waals surface area (Å²) >= 11 is 5.90. The van der Waals surface area contributed by atoms with Crippen LogP contribution >= 0.6 is 11.6 Å². The van der Waals surface area contributed by atoms with E-state index in [1.54, 1.807) is 24.4 Å². The van der Waals surface area contributed by atoms with E-state index in [0.29, 0.717) is 22.6 Å². The number of aromatic nitrogens is 5. The Morgan fingerprint density at radius 2 is 2.18 bits per heavy atom. The molecular formula is C14H13ClN6O. The van der Waals surface area contributed by atoms with Gasteiger partial charge >= 0.3 is 0 Å². The van der Waals surface area contributed by atoms with Crippen LogP contribution in [0.3, 0.4) is 0 Å². The highest BCUT2D eigenvalue weighted by atomic mass is 35.5. The van der Waals surface area contributed by atoms with E-state index in [0.717, 1.165) is 13.0 Å². The number of fused-ring (bicyclic) bond motifs is 1. The zero-order valence-corrected chi connectivity index (χ0v) is 12.4. The first-order valence-electron chi connectivity index (χ1n) is 6.78. The molecule has 1 aromatic carbocycles. The number of carbonyl (C=O) groups excluding carboxylic acids is 1. The number of nitrogens with one attached hydrogen (secondary N) is 1. The van der Waals surface area contributed by atoms with Gasteiger partial charge in [0.15, 0.2) is 0 Å². The summed E-state index contributed by atoms with van der Waals surface area (Å²) in [5.74, 6) is -0.316. The summed E-state index contributed by atoms with van der Waals surface area (Å²) < 4.78 is 1.81. The first kappa shape index (κ1) is 14.4. The molecule has 0 aliphatic heterocycles. The van der Waals surface area contributed by atoms with Crippen molar-refractivity contribution in [2.45, 2.75) is 13.0 Å². The first-order chi connectivity index (χ1) is 10.7. The normalized spacial score (nSPS) is 10.8. The summed E-state index contributed by atoms with van der Waals surface area (Å²) in [6.45, 7) is 1.25. The molecule has 0 aliphatic rings. The molecule has 0 saturated heterocycles. The van der Waals surface area contributed by atoms with Crippen molar-refractivity contribution in [2.24, 2.45) is 0 Å². The van der Waals surface area contributed by atoms with E-state index in [-0.39, 0.29) is 11.7 Å². The van der Waals surface area contributed by atoms with Crippen LogP contribution in [0.5, 0.6) is 0 Å². The molecule has 0 spiro atoms. The maximum atomic E-state index is 12.0. The van der Waals surface area contributed by atoms with Crippen LogP contribution in [0.2, 0.25) is 5.02 Å². The fourth-order valence-electron chi connectivity index (χ4n) is 1.96. The summed E-state index contributed by atoms with van der Waals surface area (Å²) in [5, 5.41) is 15.2. The number of nitrogens with zero attached hydrogens (tertiary/aromatic N) is 5. The van der Waals surface area contributed by atoms with E-state index in [2.05, 4.69) is 25.6 Å². The number of hydrogen-bond donors (Lipinski definition) is 1. The van der Waals surface area contributed by atoms with Crippen molar-refractivity contribution in [3.8, 4) is 0 Å². The lowest BCUT2D eigenvalue weighted by atomic mass is 10.3. The van der Waals surface area contributed by atoms with Crippen LogP contribution in [-0.4, -0.2) is 37.4 Å². The molecule has 7 nitrogen and oxygen atoms in total. The van der Waals surface area contributed by atoms with Crippen LogP contribution in [0.4, 0.5) is 0 Å². The molecule has 22 heavy (non-hydrogen) atoms. The smallest absolute Gasteiger partial charge is 0.291 e. The summed E-state index contributed by atoms with van der Waals surface area (Å²) in [6, 6.07) is 6.93. The number of amides is 1. The molecule has 0 unspecified atom stereocenters. The van der Waals surface area contributed by atoms with Crippen LogP contribution in [0.15, 0.2) is 36.7 Å². The molecule has 3 aromatic rings. The third-order valence-corrected chi connectivity index (χ3v) is 3.26. The maximum Gasteiger partial charge on any atom is 0.291 e. The highest BCUT2D eigenvalue weighted by molar-refractivity contribution is 6.31. The molecule has 0 aliphatic carbocycles. The molecule has 1 N–H and O–H groups in total. The van der Waals surface area contributed by atoms with Gasteiger partial charge in [-0.3, -0.25) is 9.48 Å². The number of halogens is 1. The molecule has 112 valence electrons. The van der Waals surface area contributed by atoms with E-state index in [1.807, 2.05) is 16.9 Å². The van der Waals surface area contributed by atoms with Gasteiger partial charge in [0, 0.05) is 30.5 Å². The van der Waals surface area contributed by atoms with E-state index in [1.165, 1.54) is 0 Å². The molecule has 1 amide bonds. The third kappa shape index (κ3) is 3.37. The summed E-state index contributed by atoms with van der Waals surface area (Å²) in [5.41, 5.74) is 1.14. The number of benzene rings is 1. The highest BCUT2D eigenvalue weighted by Gasteiger charge is 2.10. The minimum absolute atomic E-state index is 0.0360. The van der Waals surface area contributed by atoms with Gasteiger partial charge in [-0.25, -0.2) is 4.98 Å². The van der Waals surface area contributed by atoms with Gasteiger partial charge < -0.3 is 5.32 Å². The summed E-state index contributed by atoms with van der Waals surface area (Å²) in [7, 11) is 0. The lowest BCUT2D eigenvalue weighted by Gasteiger charge is -2.05. The second-order valence-electron chi connectivity index (χ2n) is 4.65. The molecular weight excluding hydrogens is 304 g/mol. The molecule has 2 heterocycles. The molecule has 0 bridgehead atoms. The van der Waals surface area contributed by atoms with Crippen LogP contribution < -0.4 is 5.32 Å². The predicted octanol–water partition coefficient (Wildman–Crippen LogP) is 1.69. The van der Waals surface area contributed by atoms with Gasteiger partial charge in [0.05, 0.1) is 5.52 Å². The van der Waals surface area contributed by atoms with Crippen molar-refractivity contribution in [3.05, 3.63) is 47.5 Å². The minimum Gasteiger partial charge on any atom is -0.349 e. The molecule has 8 heteroatoms. The summed E-state index contributed by atoms with van der Waals surface area (Å²) in [6.07, 6.45) is 4.36. The Kier molecular flexibility index (Phi) is 4.24. The van der Waals surface area contributed by atoms with Crippen LogP contribution in [-0.2, 0) is 6.54 Å². The van der Waals surface area contributed by atoms with Gasteiger partial charge in [-0.1, -0.05) is 11.6 Å². The lowest BCUT2D eigenvalue weighted by molar-refractivity contribution is 0.0941. The van der Waals surface area contributed by atoms with Crippen molar-refractivity contribution >= 4 is 28.5 Å². The highest BCUT2D eigenvalue weighted by Crippen LogP contribution is 2.14. The Hall–Kier alpha value is -2.54. The van der Waals surface area contributed by atoms with Crippen molar-refractivity contribution in [1.82, 2.24) is 30.3 Å². The van der Waals surface area contributed by atoms with Gasteiger partial charge in [-0.2, -0.15) is 5.10 Å². The molecule has 2 aromatic heterocycles. The predicted molar refractivity (Wildman–Crippen MR) is 81.5 cm³/mol. The molecule has 0 atom stereocenters. The van der Waals surface area contributed by atoms with E-state index in [4.69, 9.17) is 11.6 Å². The fourth-order valence-corrected chi connectivity index (χ4v) is 2.13. The second-order valence-corrected chi connectivity index (χ2v) is 5.08. The number of rotatable bonds is 5. The lowest BCUT2D eigenvalue weighted by Crippen LogP contribution is -2.27. The fraction of sp³-hybridized carbons (Fsp3) is 0.214. The monoisotopic (exact) mass is 316 g/mol. The SMILES string of the molecule is O=C(NCCCn1cccn1)c1nnc2ccc(Cl)cc2n1. The maximum absolute atomic E-state index is 12.0. The standard InChI is InChI=1S/C14H13ClN6O/c15-10-3-4-11-12(9-10)18-13(20-19-11)14(22)16-5-1-7-21-8-2-6-17-21/h2-4,6,8-9H,1,5,7H2,(H,16,22). The second kappa shape index (κ2) is 6.48. The van der Waals surface area contributed by atoms with Gasteiger partial charge in [-0.05, 0) is 30.7 Å². The zero-order valence-electron chi connectivity index (χ0n) is 11.6. The van der Waals surface area contributed by atoms with Gasteiger partial charge in [0.2, 0.25) is 5.82 Å². The third-order valence-electron chi connectivity index (χ3n) is 3.03. The average Bonchev–Trinajstić information content (AvgIpc) is 3.04. The number of aryl methyl sites for hydroxylation is 1. The molecule has 0 saturated carbocycles. The van der Waals surface area contributed by atoms with Crippen LogP contribution in [0.25, 0.3) is 11.0 Å². The topological polar surface area (TPSA) is 85.6 Å². The number of carbonyl (C=O) groups is 1. The van der Waals surface area contributed by atoms with Gasteiger partial charge in [-0.15, -0.1) is 10.2 Å². The molecule has 0 radical (unpaired) electrons. The van der Waals surface area contributed by atoms with Crippen molar-refractivity contribution < 1.29 is 4.79 Å². The van der Waals surface area contributed by atoms with Gasteiger partial charge in [0.25, 0.3) is 5.91 Å². The van der Waals surface area contributed by atoms with Crippen molar-refractivity contribution in [1.29, 1.82) is 0 Å². The van der Waals surface area contributed by atoms with E-state index >= 15 is 0 Å².